The molecule has 0 spiro atoms. The number of carbonyl (C=O) groups is 2. The van der Waals surface area contributed by atoms with E-state index in [4.69, 9.17) is 9.31 Å². The number of ketones is 1. The van der Waals surface area contributed by atoms with E-state index in [-0.39, 0.29) is 41.2 Å². The highest BCUT2D eigenvalue weighted by molar-refractivity contribution is 9.10. The van der Waals surface area contributed by atoms with Gasteiger partial charge in [0, 0.05) is 16.5 Å². The zero-order chi connectivity index (χ0) is 28.3. The second kappa shape index (κ2) is 10.6. The number of hydrogen-bond acceptors (Lipinski definition) is 5. The summed E-state index contributed by atoms with van der Waals surface area (Å²) in [6, 6.07) is 11.5. The van der Waals surface area contributed by atoms with Crippen LogP contribution < -0.4 is 5.32 Å². The van der Waals surface area contributed by atoms with E-state index in [1.165, 1.54) is 0 Å². The van der Waals surface area contributed by atoms with Gasteiger partial charge in [-0.3, -0.25) is 9.59 Å². The second-order valence-electron chi connectivity index (χ2n) is 13.2. The zero-order valence-corrected chi connectivity index (χ0v) is 25.5. The van der Waals surface area contributed by atoms with Crippen molar-refractivity contribution in [2.45, 2.75) is 91.0 Å². The van der Waals surface area contributed by atoms with Crippen LogP contribution in [-0.2, 0) is 14.1 Å². The standard InChI is InChI=1S/C31H41BBrNO5/c1-17(2)13-27(32-38-26-15-20-14-25(30(20,4)5)31(26,6)39-32)34-29(37)23(18(3)35)16-24(36)22-12-11-19-9-7-8-10-21(19)28(22)33/h7-12,17-18,20,23,25-27,35H,13-16H2,1-6H3,(H,34,37)/t18-,20-,23+,25-,26-,27+,31+/m1/s1. The largest absolute Gasteiger partial charge is 0.481 e. The first kappa shape index (κ1) is 28.8. The van der Waals surface area contributed by atoms with Gasteiger partial charge in [0.25, 0.3) is 0 Å². The summed E-state index contributed by atoms with van der Waals surface area (Å²) in [6.45, 7) is 12.6. The molecule has 3 aliphatic carbocycles. The van der Waals surface area contributed by atoms with Crippen molar-refractivity contribution in [3.05, 3.63) is 46.4 Å². The van der Waals surface area contributed by atoms with Crippen molar-refractivity contribution in [3.8, 4) is 0 Å². The molecular formula is C31H41BBrNO5. The van der Waals surface area contributed by atoms with Crippen molar-refractivity contribution in [1.82, 2.24) is 5.32 Å². The quantitative estimate of drug-likeness (QED) is 0.275. The molecule has 4 fully saturated rings. The monoisotopic (exact) mass is 597 g/mol. The van der Waals surface area contributed by atoms with E-state index in [0.717, 1.165) is 23.6 Å². The summed E-state index contributed by atoms with van der Waals surface area (Å²) in [5.41, 5.74) is 0.368. The summed E-state index contributed by atoms with van der Waals surface area (Å²) < 4.78 is 13.9. The fourth-order valence-electron chi connectivity index (χ4n) is 7.35. The molecule has 2 N–H and O–H groups in total. The average molecular weight is 598 g/mol. The van der Waals surface area contributed by atoms with E-state index >= 15 is 0 Å². The van der Waals surface area contributed by atoms with Crippen molar-refractivity contribution < 1.29 is 24.0 Å². The number of nitrogens with one attached hydrogen (secondary N) is 1. The van der Waals surface area contributed by atoms with E-state index < -0.39 is 19.1 Å². The molecule has 4 aliphatic rings. The molecule has 0 aromatic heterocycles. The molecule has 0 radical (unpaired) electrons. The molecule has 39 heavy (non-hydrogen) atoms. The Morgan fingerprint density at radius 1 is 1.13 bits per heavy atom. The number of fused-ring (bicyclic) bond motifs is 1. The molecule has 2 aromatic carbocycles. The Morgan fingerprint density at radius 2 is 1.85 bits per heavy atom. The minimum Gasteiger partial charge on any atom is -0.404 e. The Hall–Kier alpha value is -1.74. The van der Waals surface area contributed by atoms with Gasteiger partial charge in [-0.2, -0.15) is 0 Å². The van der Waals surface area contributed by atoms with E-state index in [1.54, 1.807) is 13.0 Å². The predicted molar refractivity (Wildman–Crippen MR) is 157 cm³/mol. The maximum atomic E-state index is 13.6. The third-order valence-corrected chi connectivity index (χ3v) is 10.7. The zero-order valence-electron chi connectivity index (χ0n) is 23.9. The van der Waals surface area contributed by atoms with Crippen LogP contribution in [-0.4, -0.2) is 47.7 Å². The Labute approximate surface area is 240 Å². The number of benzene rings is 2. The Bertz CT molecular complexity index is 1260. The molecule has 2 bridgehead atoms. The summed E-state index contributed by atoms with van der Waals surface area (Å²) in [4.78, 5) is 27.0. The Balaban J connectivity index is 1.32. The smallest absolute Gasteiger partial charge is 0.404 e. The number of carbonyl (C=O) groups excluding carboxylic acids is 2. The second-order valence-corrected chi connectivity index (χ2v) is 14.0. The minimum atomic E-state index is -0.994. The molecule has 1 aliphatic heterocycles. The van der Waals surface area contributed by atoms with E-state index in [1.807, 2.05) is 30.3 Å². The van der Waals surface area contributed by atoms with Crippen LogP contribution in [0.25, 0.3) is 10.8 Å². The molecule has 0 unspecified atom stereocenters. The summed E-state index contributed by atoms with van der Waals surface area (Å²) in [7, 11) is -0.554. The lowest BCUT2D eigenvalue weighted by Crippen LogP contribution is -2.65. The minimum absolute atomic E-state index is 0.0187. The highest BCUT2D eigenvalue weighted by atomic mass is 79.9. The van der Waals surface area contributed by atoms with Crippen LogP contribution in [0.2, 0.25) is 0 Å². The van der Waals surface area contributed by atoms with Crippen LogP contribution in [0.4, 0.5) is 0 Å². The van der Waals surface area contributed by atoms with Crippen molar-refractivity contribution in [3.63, 3.8) is 0 Å². The van der Waals surface area contributed by atoms with Crippen LogP contribution in [0.5, 0.6) is 0 Å². The summed E-state index contributed by atoms with van der Waals surface area (Å²) >= 11 is 3.59. The van der Waals surface area contributed by atoms with Crippen LogP contribution in [0.15, 0.2) is 40.9 Å². The summed E-state index contributed by atoms with van der Waals surface area (Å²) in [5.74, 6) is -0.442. The number of Topliss-reactive ketones (excluding diaryl/α,β-unsaturated/α-hetero) is 1. The Kier molecular flexibility index (Phi) is 7.81. The molecule has 1 amide bonds. The SMILES string of the molecule is CC(C)C[C@H](NC(=O)[C@@H](CC(=O)c1ccc2ccccc2c1Br)[C@@H](C)O)B1O[C@@H]2C[C@H]3C[C@H](C3(C)C)[C@]2(C)O1. The van der Waals surface area contributed by atoms with Crippen LogP contribution in [0, 0.1) is 29.1 Å². The number of hydrogen-bond donors (Lipinski definition) is 2. The highest BCUT2D eigenvalue weighted by Gasteiger charge is 2.68. The lowest BCUT2D eigenvalue weighted by Gasteiger charge is -2.64. The van der Waals surface area contributed by atoms with Gasteiger partial charge in [-0.1, -0.05) is 58.0 Å². The molecule has 6 nitrogen and oxygen atoms in total. The molecule has 7 atom stereocenters. The lowest BCUT2D eigenvalue weighted by atomic mass is 9.43. The van der Waals surface area contributed by atoms with Gasteiger partial charge in [0.05, 0.1) is 29.7 Å². The predicted octanol–water partition coefficient (Wildman–Crippen LogP) is 5.97. The first-order chi connectivity index (χ1) is 18.3. The van der Waals surface area contributed by atoms with E-state index in [2.05, 4.69) is 55.9 Å². The third kappa shape index (κ3) is 5.11. The molecule has 210 valence electrons. The van der Waals surface area contributed by atoms with E-state index in [9.17, 15) is 14.7 Å². The first-order valence-electron chi connectivity index (χ1n) is 14.3. The molecule has 2 aromatic rings. The van der Waals surface area contributed by atoms with Crippen LogP contribution in [0.1, 0.15) is 77.6 Å². The lowest BCUT2D eigenvalue weighted by molar-refractivity contribution is -0.199. The molecular weight excluding hydrogens is 557 g/mol. The number of aliphatic hydroxyl groups excluding tert-OH is 1. The van der Waals surface area contributed by atoms with Crippen LogP contribution in [0.3, 0.4) is 0 Å². The first-order valence-corrected chi connectivity index (χ1v) is 15.1. The van der Waals surface area contributed by atoms with Gasteiger partial charge in [0.15, 0.2) is 5.78 Å². The van der Waals surface area contributed by atoms with Gasteiger partial charge < -0.3 is 19.7 Å². The van der Waals surface area contributed by atoms with Crippen molar-refractivity contribution >= 4 is 45.5 Å². The normalized spacial score (nSPS) is 29.5. The van der Waals surface area contributed by atoms with Gasteiger partial charge in [0.1, 0.15) is 0 Å². The number of amides is 1. The average Bonchev–Trinajstić information content (AvgIpc) is 3.23. The molecule has 8 heteroatoms. The molecule has 1 heterocycles. The maximum absolute atomic E-state index is 13.6. The fourth-order valence-corrected chi connectivity index (χ4v) is 8.06. The van der Waals surface area contributed by atoms with E-state index in [0.29, 0.717) is 34.2 Å². The van der Waals surface area contributed by atoms with Crippen LogP contribution >= 0.6 is 15.9 Å². The van der Waals surface area contributed by atoms with Gasteiger partial charge in [-0.25, -0.2) is 0 Å². The van der Waals surface area contributed by atoms with Gasteiger partial charge in [-0.15, -0.1) is 0 Å². The maximum Gasteiger partial charge on any atom is 0.481 e. The van der Waals surface area contributed by atoms with Gasteiger partial charge >= 0.3 is 7.12 Å². The van der Waals surface area contributed by atoms with Crippen molar-refractivity contribution in [1.29, 1.82) is 0 Å². The fraction of sp³-hybridized carbons (Fsp3) is 0.613. The number of rotatable bonds is 9. The summed E-state index contributed by atoms with van der Waals surface area (Å²) in [5, 5.41) is 15.7. The number of halogens is 1. The highest BCUT2D eigenvalue weighted by Crippen LogP contribution is 2.65. The summed E-state index contributed by atoms with van der Waals surface area (Å²) in [6.07, 6.45) is 1.74. The van der Waals surface area contributed by atoms with Gasteiger partial charge in [-0.05, 0) is 89.0 Å². The number of aliphatic hydroxyl groups is 1. The molecule has 6 rings (SSSR count). The van der Waals surface area contributed by atoms with Crippen molar-refractivity contribution in [2.75, 3.05) is 0 Å². The topological polar surface area (TPSA) is 84.9 Å². The van der Waals surface area contributed by atoms with Crippen molar-refractivity contribution in [2.24, 2.45) is 29.1 Å². The molecule has 1 saturated heterocycles. The van der Waals surface area contributed by atoms with Gasteiger partial charge in [0.2, 0.25) is 5.91 Å². The Morgan fingerprint density at radius 3 is 2.51 bits per heavy atom. The molecule has 3 saturated carbocycles. The third-order valence-electron chi connectivity index (χ3n) is 9.84.